The topological polar surface area (TPSA) is 54.9 Å². The lowest BCUT2D eigenvalue weighted by molar-refractivity contribution is 0.101. The molecule has 0 saturated carbocycles. The molecule has 0 bridgehead atoms. The van der Waals surface area contributed by atoms with Crippen LogP contribution in [0.2, 0.25) is 0 Å². The maximum absolute atomic E-state index is 11.5. The van der Waals surface area contributed by atoms with E-state index in [1.165, 1.54) is 11.5 Å². The van der Waals surface area contributed by atoms with Gasteiger partial charge in [0.1, 0.15) is 5.00 Å². The van der Waals surface area contributed by atoms with Gasteiger partial charge in [-0.15, -0.1) is 0 Å². The van der Waals surface area contributed by atoms with Gasteiger partial charge >= 0.3 is 0 Å². The predicted molar refractivity (Wildman–Crippen MR) is 69.1 cm³/mol. The second kappa shape index (κ2) is 4.63. The van der Waals surface area contributed by atoms with E-state index in [-0.39, 0.29) is 5.78 Å². The van der Waals surface area contributed by atoms with Gasteiger partial charge in [0.05, 0.1) is 23.1 Å². The number of carbonyl (C=O) groups is 1. The van der Waals surface area contributed by atoms with E-state index in [1.54, 1.807) is 19.3 Å². The van der Waals surface area contributed by atoms with E-state index in [1.807, 2.05) is 19.9 Å². The van der Waals surface area contributed by atoms with Crippen LogP contribution in [0.25, 0.3) is 0 Å². The highest BCUT2D eigenvalue weighted by molar-refractivity contribution is 7.10. The summed E-state index contributed by atoms with van der Waals surface area (Å²) in [5.41, 5.74) is 3.42. The Kier molecular flexibility index (Phi) is 3.19. The number of nitrogens with one attached hydrogen (secondary N) is 1. The van der Waals surface area contributed by atoms with Crippen molar-refractivity contribution < 1.29 is 4.79 Å². The summed E-state index contributed by atoms with van der Waals surface area (Å²) in [6, 6.07) is 1.92. The van der Waals surface area contributed by atoms with E-state index in [9.17, 15) is 4.79 Å². The Bertz CT molecular complexity index is 563. The molecule has 0 spiro atoms. The van der Waals surface area contributed by atoms with Crippen molar-refractivity contribution in [3.63, 3.8) is 0 Å². The first-order valence-electron chi connectivity index (χ1n) is 5.24. The number of Topliss-reactive ketones (excluding diaryl/α,β-unsaturated/α-hetero) is 1. The summed E-state index contributed by atoms with van der Waals surface area (Å²) >= 11 is 1.30. The number of pyridine rings is 1. The first-order valence-corrected chi connectivity index (χ1v) is 6.01. The van der Waals surface area contributed by atoms with Gasteiger partial charge in [-0.2, -0.15) is 4.37 Å². The van der Waals surface area contributed by atoms with Crippen LogP contribution in [0.15, 0.2) is 18.5 Å². The number of aromatic nitrogens is 2. The molecule has 0 fully saturated rings. The molecule has 0 aromatic carbocycles. The smallest absolute Gasteiger partial charge is 0.164 e. The first kappa shape index (κ1) is 11.7. The quantitative estimate of drug-likeness (QED) is 0.847. The molecule has 0 radical (unpaired) electrons. The molecular weight excluding hydrogens is 234 g/mol. The second-order valence-corrected chi connectivity index (χ2v) is 4.62. The van der Waals surface area contributed by atoms with Gasteiger partial charge in [0.15, 0.2) is 5.78 Å². The maximum Gasteiger partial charge on any atom is 0.164 e. The van der Waals surface area contributed by atoms with Crippen LogP contribution in [-0.2, 0) is 0 Å². The average molecular weight is 247 g/mol. The standard InChI is InChI=1S/C12H13N3OS/c1-7-4-5-13-6-10(7)14-12-11(9(3)16)8(2)15-17-12/h4-6,14H,1-3H3. The van der Waals surface area contributed by atoms with Crippen molar-refractivity contribution >= 4 is 28.0 Å². The van der Waals surface area contributed by atoms with E-state index in [2.05, 4.69) is 14.7 Å². The summed E-state index contributed by atoms with van der Waals surface area (Å²) in [5.74, 6) is 0.0280. The van der Waals surface area contributed by atoms with E-state index in [4.69, 9.17) is 0 Å². The van der Waals surface area contributed by atoms with Crippen molar-refractivity contribution in [3.8, 4) is 0 Å². The molecule has 4 nitrogen and oxygen atoms in total. The SMILES string of the molecule is CC(=O)c1c(C)nsc1Nc1cnccc1C. The maximum atomic E-state index is 11.5. The molecule has 2 heterocycles. The number of aryl methyl sites for hydroxylation is 2. The van der Waals surface area contributed by atoms with Crippen LogP contribution < -0.4 is 5.32 Å². The molecule has 1 N–H and O–H groups in total. The van der Waals surface area contributed by atoms with Gasteiger partial charge < -0.3 is 5.32 Å². The summed E-state index contributed by atoms with van der Waals surface area (Å²) in [4.78, 5) is 15.6. The van der Waals surface area contributed by atoms with Crippen LogP contribution >= 0.6 is 11.5 Å². The number of carbonyl (C=O) groups excluding carboxylic acids is 1. The molecule has 0 aliphatic rings. The van der Waals surface area contributed by atoms with E-state index >= 15 is 0 Å². The van der Waals surface area contributed by atoms with Gasteiger partial charge in [-0.05, 0) is 43.9 Å². The van der Waals surface area contributed by atoms with Gasteiger partial charge in [-0.25, -0.2) is 0 Å². The summed E-state index contributed by atoms with van der Waals surface area (Å²) in [5, 5.41) is 4.00. The van der Waals surface area contributed by atoms with Gasteiger partial charge in [0.25, 0.3) is 0 Å². The van der Waals surface area contributed by atoms with Crippen molar-refractivity contribution in [2.24, 2.45) is 0 Å². The highest BCUT2D eigenvalue weighted by Crippen LogP contribution is 2.29. The Hall–Kier alpha value is -1.75. The van der Waals surface area contributed by atoms with Crippen LogP contribution in [0.5, 0.6) is 0 Å². The number of nitrogens with zero attached hydrogens (tertiary/aromatic N) is 2. The summed E-state index contributed by atoms with van der Waals surface area (Å²) in [6.07, 6.45) is 3.48. The number of anilines is 2. The molecule has 0 aliphatic heterocycles. The van der Waals surface area contributed by atoms with Gasteiger partial charge in [0, 0.05) is 6.20 Å². The molecule has 0 atom stereocenters. The molecule has 17 heavy (non-hydrogen) atoms. The van der Waals surface area contributed by atoms with Crippen LogP contribution in [-0.4, -0.2) is 15.1 Å². The molecule has 88 valence electrons. The zero-order valence-electron chi connectivity index (χ0n) is 9.94. The monoisotopic (exact) mass is 247 g/mol. The summed E-state index contributed by atoms with van der Waals surface area (Å²) in [6.45, 7) is 5.39. The predicted octanol–water partition coefficient (Wildman–Crippen LogP) is 3.10. The Morgan fingerprint density at radius 3 is 2.82 bits per heavy atom. The lowest BCUT2D eigenvalue weighted by atomic mass is 10.2. The van der Waals surface area contributed by atoms with E-state index < -0.39 is 0 Å². The number of hydrogen-bond donors (Lipinski definition) is 1. The lowest BCUT2D eigenvalue weighted by Crippen LogP contribution is -1.99. The highest BCUT2D eigenvalue weighted by atomic mass is 32.1. The van der Waals surface area contributed by atoms with Crippen molar-refractivity contribution in [1.29, 1.82) is 0 Å². The van der Waals surface area contributed by atoms with E-state index in [0.29, 0.717) is 5.56 Å². The first-order chi connectivity index (χ1) is 8.09. The molecule has 2 aromatic heterocycles. The molecule has 0 unspecified atom stereocenters. The van der Waals surface area contributed by atoms with Crippen molar-refractivity contribution in [3.05, 3.63) is 35.3 Å². The zero-order valence-corrected chi connectivity index (χ0v) is 10.8. The third-order valence-corrected chi connectivity index (χ3v) is 3.36. The fourth-order valence-electron chi connectivity index (χ4n) is 1.59. The van der Waals surface area contributed by atoms with E-state index in [0.717, 1.165) is 21.9 Å². The fraction of sp³-hybridized carbons (Fsp3) is 0.250. The molecule has 5 heteroatoms. The normalized spacial score (nSPS) is 10.3. The van der Waals surface area contributed by atoms with Gasteiger partial charge in [-0.3, -0.25) is 9.78 Å². The Morgan fingerprint density at radius 2 is 2.18 bits per heavy atom. The second-order valence-electron chi connectivity index (χ2n) is 3.84. The molecule has 0 saturated heterocycles. The third kappa shape index (κ3) is 2.34. The molecule has 0 aliphatic carbocycles. The molecular formula is C12H13N3OS. The van der Waals surface area contributed by atoms with Gasteiger partial charge in [0.2, 0.25) is 0 Å². The van der Waals surface area contributed by atoms with Crippen LogP contribution in [0.4, 0.5) is 10.7 Å². The van der Waals surface area contributed by atoms with Crippen molar-refractivity contribution in [2.45, 2.75) is 20.8 Å². The number of hydrogen-bond acceptors (Lipinski definition) is 5. The van der Waals surface area contributed by atoms with Crippen LogP contribution in [0.3, 0.4) is 0 Å². The molecule has 2 rings (SSSR count). The fourth-order valence-corrected chi connectivity index (χ4v) is 2.44. The highest BCUT2D eigenvalue weighted by Gasteiger charge is 2.15. The molecule has 0 amide bonds. The Balaban J connectivity index is 2.37. The minimum atomic E-state index is 0.0280. The third-order valence-electron chi connectivity index (χ3n) is 2.50. The number of ketones is 1. The minimum absolute atomic E-state index is 0.0280. The average Bonchev–Trinajstić information content (AvgIpc) is 2.63. The zero-order chi connectivity index (χ0) is 12.4. The molecule has 2 aromatic rings. The van der Waals surface area contributed by atoms with Crippen molar-refractivity contribution in [2.75, 3.05) is 5.32 Å². The van der Waals surface area contributed by atoms with Gasteiger partial charge in [-0.1, -0.05) is 0 Å². The van der Waals surface area contributed by atoms with Crippen LogP contribution in [0, 0.1) is 13.8 Å². The number of rotatable bonds is 3. The minimum Gasteiger partial charge on any atom is -0.344 e. The van der Waals surface area contributed by atoms with Crippen molar-refractivity contribution in [1.82, 2.24) is 9.36 Å². The Labute approximate surface area is 104 Å². The van der Waals surface area contributed by atoms with Crippen LogP contribution in [0.1, 0.15) is 28.5 Å². The summed E-state index contributed by atoms with van der Waals surface area (Å²) in [7, 11) is 0. The largest absolute Gasteiger partial charge is 0.344 e. The summed E-state index contributed by atoms with van der Waals surface area (Å²) < 4.78 is 4.20. The Morgan fingerprint density at radius 1 is 1.41 bits per heavy atom. The lowest BCUT2D eigenvalue weighted by Gasteiger charge is -2.07.